The van der Waals surface area contributed by atoms with Crippen LogP contribution in [0.4, 0.5) is 0 Å². The molecule has 0 amide bonds. The summed E-state index contributed by atoms with van der Waals surface area (Å²) in [4.78, 5) is 0. The van der Waals surface area contributed by atoms with E-state index in [1.807, 2.05) is 38.1 Å². The molecule has 0 radical (unpaired) electrons. The fraction of sp³-hybridized carbons (Fsp3) is 0.200. The molecule has 1 aromatic carbocycles. The van der Waals surface area contributed by atoms with Crippen molar-refractivity contribution < 1.29 is 5.11 Å². The third-order valence-corrected chi connectivity index (χ3v) is 1.62. The van der Waals surface area contributed by atoms with Crippen LogP contribution < -0.4 is 0 Å². The first kappa shape index (κ1) is 7.86. The van der Waals surface area contributed by atoms with Gasteiger partial charge in [0.05, 0.1) is 0 Å². The molecule has 1 N–H and O–H groups in total. The van der Waals surface area contributed by atoms with E-state index in [4.69, 9.17) is 0 Å². The Morgan fingerprint density at radius 3 is 2.27 bits per heavy atom. The first-order valence-electron chi connectivity index (χ1n) is 3.66. The molecule has 0 aromatic heterocycles. The minimum atomic E-state index is 0.338. The van der Waals surface area contributed by atoms with E-state index in [-0.39, 0.29) is 0 Å². The van der Waals surface area contributed by atoms with E-state index in [9.17, 15) is 5.11 Å². The van der Waals surface area contributed by atoms with Crippen LogP contribution in [-0.2, 0) is 0 Å². The van der Waals surface area contributed by atoms with Crippen LogP contribution in [0.3, 0.4) is 0 Å². The van der Waals surface area contributed by atoms with Gasteiger partial charge in [-0.1, -0.05) is 29.8 Å². The molecule has 0 unspecified atom stereocenters. The van der Waals surface area contributed by atoms with Gasteiger partial charge in [-0.05, 0) is 19.9 Å². The molecule has 0 saturated heterocycles. The maximum Gasteiger partial charge on any atom is 0.118 e. The molecule has 0 atom stereocenters. The summed E-state index contributed by atoms with van der Waals surface area (Å²) in [5.74, 6) is 0.338. The normalized spacial score (nSPS) is 11.6. The molecule has 0 aliphatic rings. The van der Waals surface area contributed by atoms with Crippen molar-refractivity contribution in [1.29, 1.82) is 0 Å². The molecule has 1 aromatic rings. The van der Waals surface area contributed by atoms with Gasteiger partial charge in [0, 0.05) is 5.56 Å². The van der Waals surface area contributed by atoms with Crippen molar-refractivity contribution in [2.24, 2.45) is 0 Å². The highest BCUT2D eigenvalue weighted by Gasteiger charge is 1.94. The average Bonchev–Trinajstić information content (AvgIpc) is 2.05. The second-order valence-electron chi connectivity index (χ2n) is 2.54. The van der Waals surface area contributed by atoms with Crippen molar-refractivity contribution in [2.45, 2.75) is 13.8 Å². The van der Waals surface area contributed by atoms with Crippen molar-refractivity contribution in [3.8, 4) is 0 Å². The van der Waals surface area contributed by atoms with E-state index in [1.165, 1.54) is 5.56 Å². The predicted octanol–water partition coefficient (Wildman–Crippen LogP) is 2.91. The molecule has 0 fully saturated rings. The number of benzene rings is 1. The van der Waals surface area contributed by atoms with Crippen LogP contribution in [0.5, 0.6) is 0 Å². The molecular formula is C10H12O. The fourth-order valence-corrected chi connectivity index (χ4v) is 0.891. The van der Waals surface area contributed by atoms with Crippen LogP contribution in [0.2, 0.25) is 0 Å². The predicted molar refractivity (Wildman–Crippen MR) is 47.5 cm³/mol. The summed E-state index contributed by atoms with van der Waals surface area (Å²) in [6.45, 7) is 3.84. The largest absolute Gasteiger partial charge is 0.508 e. The Kier molecular flexibility index (Phi) is 2.32. The lowest BCUT2D eigenvalue weighted by atomic mass is 10.1. The first-order valence-corrected chi connectivity index (χ1v) is 3.66. The molecular weight excluding hydrogens is 136 g/mol. The average molecular weight is 148 g/mol. The van der Waals surface area contributed by atoms with Crippen LogP contribution in [0, 0.1) is 6.92 Å². The van der Waals surface area contributed by atoms with Gasteiger partial charge >= 0.3 is 0 Å². The van der Waals surface area contributed by atoms with Gasteiger partial charge in [0.25, 0.3) is 0 Å². The number of aryl methyl sites for hydroxylation is 1. The topological polar surface area (TPSA) is 20.2 Å². The van der Waals surface area contributed by atoms with Gasteiger partial charge in [-0.2, -0.15) is 0 Å². The lowest BCUT2D eigenvalue weighted by Crippen LogP contribution is -1.81. The second kappa shape index (κ2) is 3.24. The highest BCUT2D eigenvalue weighted by atomic mass is 16.3. The Morgan fingerprint density at radius 1 is 1.27 bits per heavy atom. The molecule has 58 valence electrons. The lowest BCUT2D eigenvalue weighted by molar-refractivity contribution is 0.511. The van der Waals surface area contributed by atoms with Crippen molar-refractivity contribution >= 4 is 5.76 Å². The smallest absolute Gasteiger partial charge is 0.118 e. The summed E-state index contributed by atoms with van der Waals surface area (Å²) in [7, 11) is 0. The van der Waals surface area contributed by atoms with Crippen LogP contribution in [0.15, 0.2) is 30.3 Å². The van der Waals surface area contributed by atoms with E-state index in [0.29, 0.717) is 5.76 Å². The molecule has 1 rings (SSSR count). The minimum absolute atomic E-state index is 0.338. The highest BCUT2D eigenvalue weighted by Crippen LogP contribution is 2.11. The second-order valence-corrected chi connectivity index (χ2v) is 2.54. The van der Waals surface area contributed by atoms with E-state index >= 15 is 0 Å². The Hall–Kier alpha value is -1.24. The van der Waals surface area contributed by atoms with Gasteiger partial charge in [-0.3, -0.25) is 0 Å². The Bertz CT molecular complexity index is 257. The Labute approximate surface area is 67.0 Å². The Balaban J connectivity index is 2.99. The van der Waals surface area contributed by atoms with Gasteiger partial charge in [-0.25, -0.2) is 0 Å². The van der Waals surface area contributed by atoms with Gasteiger partial charge in [0.15, 0.2) is 0 Å². The minimum Gasteiger partial charge on any atom is -0.508 e. The number of allylic oxidation sites excluding steroid dienone is 1. The van der Waals surface area contributed by atoms with E-state index in [1.54, 1.807) is 6.08 Å². The fourth-order valence-electron chi connectivity index (χ4n) is 0.891. The highest BCUT2D eigenvalue weighted by molar-refractivity contribution is 5.57. The van der Waals surface area contributed by atoms with Crippen LogP contribution >= 0.6 is 0 Å². The maximum atomic E-state index is 9.28. The molecule has 0 heterocycles. The third-order valence-electron chi connectivity index (χ3n) is 1.62. The molecule has 11 heavy (non-hydrogen) atoms. The number of hydrogen-bond acceptors (Lipinski definition) is 1. The SMILES string of the molecule is C/C=C(\O)c1ccc(C)cc1. The summed E-state index contributed by atoms with van der Waals surface area (Å²) in [5, 5.41) is 9.28. The maximum absolute atomic E-state index is 9.28. The quantitative estimate of drug-likeness (QED) is 0.607. The van der Waals surface area contributed by atoms with E-state index < -0.39 is 0 Å². The number of rotatable bonds is 1. The molecule has 0 aliphatic heterocycles. The Morgan fingerprint density at radius 2 is 1.82 bits per heavy atom. The van der Waals surface area contributed by atoms with E-state index in [0.717, 1.165) is 5.56 Å². The summed E-state index contributed by atoms with van der Waals surface area (Å²) < 4.78 is 0. The standard InChI is InChI=1S/C10H12O/c1-3-10(11)9-6-4-8(2)5-7-9/h3-7,11H,1-2H3/b10-3-. The molecule has 0 bridgehead atoms. The zero-order valence-electron chi connectivity index (χ0n) is 6.83. The van der Waals surface area contributed by atoms with Crippen molar-refractivity contribution in [3.05, 3.63) is 41.5 Å². The zero-order valence-corrected chi connectivity index (χ0v) is 6.83. The lowest BCUT2D eigenvalue weighted by Gasteiger charge is -1.98. The first-order chi connectivity index (χ1) is 5.24. The van der Waals surface area contributed by atoms with E-state index in [2.05, 4.69) is 0 Å². The van der Waals surface area contributed by atoms with Crippen molar-refractivity contribution in [3.63, 3.8) is 0 Å². The number of aliphatic hydroxyl groups is 1. The van der Waals surface area contributed by atoms with Crippen molar-refractivity contribution in [1.82, 2.24) is 0 Å². The third kappa shape index (κ3) is 1.84. The number of aliphatic hydroxyl groups excluding tert-OH is 1. The monoisotopic (exact) mass is 148 g/mol. The molecule has 1 nitrogen and oxygen atoms in total. The summed E-state index contributed by atoms with van der Waals surface area (Å²) in [5.41, 5.74) is 2.08. The van der Waals surface area contributed by atoms with Gasteiger partial charge < -0.3 is 5.11 Å². The molecule has 0 saturated carbocycles. The van der Waals surface area contributed by atoms with Gasteiger partial charge in [0.2, 0.25) is 0 Å². The summed E-state index contributed by atoms with van der Waals surface area (Å²) in [6.07, 6.45) is 1.69. The van der Waals surface area contributed by atoms with Crippen LogP contribution in [0.1, 0.15) is 18.1 Å². The van der Waals surface area contributed by atoms with Gasteiger partial charge in [0.1, 0.15) is 5.76 Å². The molecule has 0 aliphatic carbocycles. The summed E-state index contributed by atoms with van der Waals surface area (Å²) >= 11 is 0. The molecule has 1 heteroatoms. The summed E-state index contributed by atoms with van der Waals surface area (Å²) in [6, 6.07) is 7.78. The van der Waals surface area contributed by atoms with Crippen LogP contribution in [0.25, 0.3) is 5.76 Å². The van der Waals surface area contributed by atoms with Crippen LogP contribution in [-0.4, -0.2) is 5.11 Å². The van der Waals surface area contributed by atoms with Crippen molar-refractivity contribution in [2.75, 3.05) is 0 Å². The number of hydrogen-bond donors (Lipinski definition) is 1. The molecule has 0 spiro atoms. The zero-order chi connectivity index (χ0) is 8.27. The van der Waals surface area contributed by atoms with Gasteiger partial charge in [-0.15, -0.1) is 0 Å².